The van der Waals surface area contributed by atoms with Crippen LogP contribution in [0.1, 0.15) is 19.8 Å². The third-order valence-electron chi connectivity index (χ3n) is 2.31. The van der Waals surface area contributed by atoms with E-state index >= 15 is 0 Å². The summed E-state index contributed by atoms with van der Waals surface area (Å²) < 4.78 is 110. The van der Waals surface area contributed by atoms with E-state index in [2.05, 4.69) is 0 Å². The van der Waals surface area contributed by atoms with Crippen LogP contribution in [0.25, 0.3) is 0 Å². The van der Waals surface area contributed by atoms with Crippen molar-refractivity contribution in [3.05, 3.63) is 0 Å². The molecule has 1 nitrogen and oxygen atoms in total. The topological polar surface area (TPSA) is 12.0 Å². The first-order valence-electron chi connectivity index (χ1n) is 5.22. The number of hydrogen-bond donors (Lipinski definition) is 1. The first-order chi connectivity index (χ1) is 8.29. The van der Waals surface area contributed by atoms with Crippen LogP contribution in [0.2, 0.25) is 0 Å². The summed E-state index contributed by atoms with van der Waals surface area (Å²) in [6, 6.07) is -2.35. The first-order valence-corrected chi connectivity index (χ1v) is 5.22. The van der Waals surface area contributed by atoms with Crippen molar-refractivity contribution in [3.8, 4) is 0 Å². The van der Waals surface area contributed by atoms with Gasteiger partial charge in [-0.25, -0.2) is 0 Å². The molecule has 0 amide bonds. The molecule has 19 heavy (non-hydrogen) atoms. The van der Waals surface area contributed by atoms with Crippen molar-refractivity contribution >= 4 is 0 Å². The Morgan fingerprint density at radius 2 is 1.26 bits per heavy atom. The quantitative estimate of drug-likeness (QED) is 0.756. The molecular formula is C9H12F9N. The molecule has 0 fully saturated rings. The highest BCUT2D eigenvalue weighted by molar-refractivity contribution is 4.87. The lowest BCUT2D eigenvalue weighted by Gasteiger charge is -2.31. The van der Waals surface area contributed by atoms with E-state index in [1.807, 2.05) is 5.32 Å². The van der Waals surface area contributed by atoms with Gasteiger partial charge in [0, 0.05) is 12.5 Å². The van der Waals surface area contributed by atoms with Gasteiger partial charge in [0.25, 0.3) is 0 Å². The van der Waals surface area contributed by atoms with Crippen LogP contribution >= 0.6 is 0 Å². The lowest BCUT2D eigenvalue weighted by Crippen LogP contribution is -2.51. The highest BCUT2D eigenvalue weighted by Crippen LogP contribution is 2.43. The molecule has 0 saturated heterocycles. The molecule has 0 aliphatic heterocycles. The van der Waals surface area contributed by atoms with Crippen molar-refractivity contribution in [1.29, 1.82) is 0 Å². The maximum Gasteiger partial charge on any atom is 0.401 e. The van der Waals surface area contributed by atoms with E-state index in [-0.39, 0.29) is 6.54 Å². The lowest BCUT2D eigenvalue weighted by atomic mass is 9.94. The Morgan fingerprint density at radius 3 is 1.53 bits per heavy atom. The fourth-order valence-corrected chi connectivity index (χ4v) is 1.61. The summed E-state index contributed by atoms with van der Waals surface area (Å²) in [5.74, 6) is -3.82. The van der Waals surface area contributed by atoms with E-state index < -0.39 is 43.3 Å². The Balaban J connectivity index is 5.08. The molecule has 1 unspecified atom stereocenters. The normalized spacial score (nSPS) is 15.9. The Kier molecular flexibility index (Phi) is 5.97. The van der Waals surface area contributed by atoms with Gasteiger partial charge >= 0.3 is 18.5 Å². The van der Waals surface area contributed by atoms with Crippen LogP contribution in [0, 0.1) is 5.92 Å². The number of alkyl halides is 9. The highest BCUT2D eigenvalue weighted by Gasteiger charge is 2.60. The minimum atomic E-state index is -5.66. The van der Waals surface area contributed by atoms with Crippen molar-refractivity contribution in [2.45, 2.75) is 44.3 Å². The SMILES string of the molecule is CCNC(CCC(F)(F)F)C(C(F)(F)F)C(F)(F)F. The monoisotopic (exact) mass is 305 g/mol. The number of nitrogens with one attached hydrogen (secondary N) is 1. The molecule has 116 valence electrons. The molecule has 0 rings (SSSR count). The highest BCUT2D eigenvalue weighted by atomic mass is 19.4. The van der Waals surface area contributed by atoms with Crippen molar-refractivity contribution in [1.82, 2.24) is 5.32 Å². The molecule has 0 bridgehead atoms. The fraction of sp³-hybridized carbons (Fsp3) is 1.00. The molecule has 0 radical (unpaired) electrons. The summed E-state index contributed by atoms with van der Waals surface area (Å²) in [6.07, 6.45) is -19.1. The van der Waals surface area contributed by atoms with Crippen LogP contribution in [-0.4, -0.2) is 31.1 Å². The number of hydrogen-bond acceptors (Lipinski definition) is 1. The summed E-state index contributed by atoms with van der Waals surface area (Å²) in [5.41, 5.74) is 0. The van der Waals surface area contributed by atoms with Crippen LogP contribution in [0.3, 0.4) is 0 Å². The summed E-state index contributed by atoms with van der Waals surface area (Å²) >= 11 is 0. The van der Waals surface area contributed by atoms with E-state index in [0.717, 1.165) is 0 Å². The molecule has 0 aliphatic carbocycles. The van der Waals surface area contributed by atoms with Crippen LogP contribution in [0.15, 0.2) is 0 Å². The predicted molar refractivity (Wildman–Crippen MR) is 48.4 cm³/mol. The van der Waals surface area contributed by atoms with E-state index in [4.69, 9.17) is 0 Å². The van der Waals surface area contributed by atoms with E-state index in [9.17, 15) is 39.5 Å². The largest absolute Gasteiger partial charge is 0.401 e. The van der Waals surface area contributed by atoms with Gasteiger partial charge < -0.3 is 5.32 Å². The van der Waals surface area contributed by atoms with Gasteiger partial charge in [0.1, 0.15) is 0 Å². The Labute approximate surface area is 103 Å². The molecule has 0 spiro atoms. The molecule has 0 heterocycles. The third kappa shape index (κ3) is 6.88. The zero-order valence-electron chi connectivity index (χ0n) is 9.68. The average Bonchev–Trinajstić information content (AvgIpc) is 2.08. The maximum atomic E-state index is 12.4. The zero-order chi connectivity index (χ0) is 15.5. The fourth-order valence-electron chi connectivity index (χ4n) is 1.61. The van der Waals surface area contributed by atoms with Gasteiger partial charge in [-0.2, -0.15) is 39.5 Å². The van der Waals surface area contributed by atoms with Gasteiger partial charge in [-0.05, 0) is 13.0 Å². The molecule has 1 atom stereocenters. The maximum absolute atomic E-state index is 12.4. The van der Waals surface area contributed by atoms with Gasteiger partial charge in [0.2, 0.25) is 0 Å². The number of rotatable bonds is 5. The standard InChI is InChI=1S/C9H12F9N/c1-2-19-5(3-4-7(10,11)12)6(8(13,14)15)9(16,17)18/h5-6,19H,2-4H2,1H3. The third-order valence-corrected chi connectivity index (χ3v) is 2.31. The second-order valence-electron chi connectivity index (χ2n) is 3.88. The Bertz CT molecular complexity index is 250. The molecule has 0 saturated carbocycles. The minimum absolute atomic E-state index is 0.300. The van der Waals surface area contributed by atoms with Gasteiger partial charge in [-0.3, -0.25) is 0 Å². The second kappa shape index (κ2) is 6.19. The molecular weight excluding hydrogens is 293 g/mol. The minimum Gasteiger partial charge on any atom is -0.313 e. The number of halogens is 9. The Morgan fingerprint density at radius 1 is 0.842 bits per heavy atom. The van der Waals surface area contributed by atoms with E-state index in [1.54, 1.807) is 0 Å². The van der Waals surface area contributed by atoms with Gasteiger partial charge in [-0.15, -0.1) is 0 Å². The smallest absolute Gasteiger partial charge is 0.313 e. The second-order valence-corrected chi connectivity index (χ2v) is 3.88. The van der Waals surface area contributed by atoms with Gasteiger partial charge in [-0.1, -0.05) is 6.92 Å². The molecule has 0 aliphatic rings. The van der Waals surface area contributed by atoms with Gasteiger partial charge in [0.15, 0.2) is 5.92 Å². The van der Waals surface area contributed by atoms with Crippen molar-refractivity contribution in [3.63, 3.8) is 0 Å². The molecule has 0 aromatic carbocycles. The predicted octanol–water partition coefficient (Wildman–Crippen LogP) is 4.05. The van der Waals surface area contributed by atoms with E-state index in [0.29, 0.717) is 0 Å². The Hall–Kier alpha value is -0.670. The van der Waals surface area contributed by atoms with Crippen molar-refractivity contribution in [2.24, 2.45) is 5.92 Å². The molecule has 0 aromatic heterocycles. The summed E-state index contributed by atoms with van der Waals surface area (Å²) in [7, 11) is 0. The van der Waals surface area contributed by atoms with Crippen LogP contribution < -0.4 is 5.32 Å². The molecule has 1 N–H and O–H groups in total. The lowest BCUT2D eigenvalue weighted by molar-refractivity contribution is -0.293. The van der Waals surface area contributed by atoms with Crippen LogP contribution in [0.4, 0.5) is 39.5 Å². The molecule has 10 heteroatoms. The van der Waals surface area contributed by atoms with Crippen molar-refractivity contribution in [2.75, 3.05) is 6.54 Å². The average molecular weight is 305 g/mol. The van der Waals surface area contributed by atoms with Gasteiger partial charge in [0.05, 0.1) is 0 Å². The zero-order valence-corrected chi connectivity index (χ0v) is 9.68. The van der Waals surface area contributed by atoms with Crippen LogP contribution in [-0.2, 0) is 0 Å². The van der Waals surface area contributed by atoms with Crippen molar-refractivity contribution < 1.29 is 39.5 Å². The van der Waals surface area contributed by atoms with E-state index in [1.165, 1.54) is 6.92 Å². The summed E-state index contributed by atoms with van der Waals surface area (Å²) in [5, 5.41) is 1.83. The molecule has 0 aromatic rings. The summed E-state index contributed by atoms with van der Waals surface area (Å²) in [6.45, 7) is 0.912. The summed E-state index contributed by atoms with van der Waals surface area (Å²) in [4.78, 5) is 0. The van der Waals surface area contributed by atoms with Crippen LogP contribution in [0.5, 0.6) is 0 Å². The first kappa shape index (κ1) is 18.3.